The number of benzene rings is 1. The number of likely N-dealkylation sites (N-methyl/N-ethyl adjacent to an activating group) is 1. The van der Waals surface area contributed by atoms with Gasteiger partial charge in [0.2, 0.25) is 0 Å². The summed E-state index contributed by atoms with van der Waals surface area (Å²) in [6, 6.07) is 5.25. The van der Waals surface area contributed by atoms with Crippen molar-refractivity contribution in [2.24, 2.45) is 0 Å². The van der Waals surface area contributed by atoms with Gasteiger partial charge < -0.3 is 14.4 Å². The monoisotopic (exact) mass is 397 g/mol. The van der Waals surface area contributed by atoms with Crippen LogP contribution in [0.5, 0.6) is 5.75 Å². The summed E-state index contributed by atoms with van der Waals surface area (Å²) in [5, 5.41) is 0. The van der Waals surface area contributed by atoms with Crippen LogP contribution in [0.1, 0.15) is 31.4 Å². The van der Waals surface area contributed by atoms with Gasteiger partial charge in [-0.1, -0.05) is 17.7 Å². The second-order valence-electron chi connectivity index (χ2n) is 6.87. The van der Waals surface area contributed by atoms with Crippen LogP contribution in [-0.2, 0) is 24.2 Å². The molecule has 1 heterocycles. The fourth-order valence-electron chi connectivity index (χ4n) is 3.23. The van der Waals surface area contributed by atoms with E-state index >= 15 is 0 Å². The highest BCUT2D eigenvalue weighted by atomic mass is 32.2. The Morgan fingerprint density at radius 3 is 2.56 bits per heavy atom. The number of carbonyl (C=O) groups is 2. The summed E-state index contributed by atoms with van der Waals surface area (Å²) in [6.45, 7) is 7.18. The average molecular weight is 397 g/mol. The van der Waals surface area contributed by atoms with Crippen LogP contribution in [0.4, 0.5) is 0 Å². The second kappa shape index (κ2) is 8.73. The smallest absolute Gasteiger partial charge is 0.344 e. The molecule has 7 nitrogen and oxygen atoms in total. The highest BCUT2D eigenvalue weighted by Gasteiger charge is 2.36. The van der Waals surface area contributed by atoms with Gasteiger partial charge in [0, 0.05) is 12.6 Å². The van der Waals surface area contributed by atoms with Crippen LogP contribution < -0.4 is 4.74 Å². The van der Waals surface area contributed by atoms with Crippen molar-refractivity contribution in [1.29, 1.82) is 0 Å². The van der Waals surface area contributed by atoms with Gasteiger partial charge >= 0.3 is 5.97 Å². The highest BCUT2D eigenvalue weighted by molar-refractivity contribution is 7.91. The number of hydrogen-bond donors (Lipinski definition) is 0. The van der Waals surface area contributed by atoms with Crippen LogP contribution in [0.2, 0.25) is 0 Å². The minimum atomic E-state index is -3.10. The molecule has 0 N–H and O–H groups in total. The van der Waals surface area contributed by atoms with Gasteiger partial charge in [-0.25, -0.2) is 13.2 Å². The normalized spacial score (nSPS) is 19.3. The van der Waals surface area contributed by atoms with Crippen molar-refractivity contribution in [3.8, 4) is 5.75 Å². The fourth-order valence-corrected chi connectivity index (χ4v) is 4.96. The third kappa shape index (κ3) is 5.69. The second-order valence-corrected chi connectivity index (χ2v) is 9.10. The number of carbonyl (C=O) groups excluding carboxylic acids is 2. The minimum absolute atomic E-state index is 0.0386. The van der Waals surface area contributed by atoms with E-state index in [0.717, 1.165) is 11.1 Å². The molecule has 0 spiro atoms. The quantitative estimate of drug-likeness (QED) is 0.650. The Balaban J connectivity index is 1.89. The number of amides is 1. The van der Waals surface area contributed by atoms with Gasteiger partial charge in [0.15, 0.2) is 22.5 Å². The van der Waals surface area contributed by atoms with E-state index in [0.29, 0.717) is 18.7 Å². The number of nitrogens with zero attached hydrogens (tertiary/aromatic N) is 1. The molecule has 150 valence electrons. The van der Waals surface area contributed by atoms with Crippen molar-refractivity contribution in [2.75, 3.05) is 24.7 Å². The van der Waals surface area contributed by atoms with Crippen LogP contribution in [0.3, 0.4) is 0 Å². The first-order valence-electron chi connectivity index (χ1n) is 9.03. The fraction of sp³-hybridized carbons (Fsp3) is 0.579. The molecule has 1 fully saturated rings. The predicted octanol–water partition coefficient (Wildman–Crippen LogP) is 1.65. The minimum Gasteiger partial charge on any atom is -0.482 e. The van der Waals surface area contributed by atoms with Crippen LogP contribution in [0.25, 0.3) is 0 Å². The van der Waals surface area contributed by atoms with Crippen molar-refractivity contribution in [3.63, 3.8) is 0 Å². The van der Waals surface area contributed by atoms with E-state index in [9.17, 15) is 18.0 Å². The lowest BCUT2D eigenvalue weighted by Gasteiger charge is -2.29. The molecular weight excluding hydrogens is 370 g/mol. The lowest BCUT2D eigenvalue weighted by atomic mass is 10.1. The van der Waals surface area contributed by atoms with Crippen LogP contribution in [0, 0.1) is 13.8 Å². The van der Waals surface area contributed by atoms with Gasteiger partial charge in [0.25, 0.3) is 5.91 Å². The summed E-state index contributed by atoms with van der Waals surface area (Å²) in [5.74, 6) is -0.407. The molecule has 27 heavy (non-hydrogen) atoms. The van der Waals surface area contributed by atoms with Gasteiger partial charge in [-0.15, -0.1) is 0 Å². The SMILES string of the molecule is CCN(C(=O)[C@H](C)OC(=O)COc1ccc(C)cc1C)[C@@H]1CCS(=O)(=O)C1. The Labute approximate surface area is 160 Å². The van der Waals surface area contributed by atoms with Gasteiger partial charge in [-0.05, 0) is 45.7 Å². The Morgan fingerprint density at radius 2 is 2.00 bits per heavy atom. The molecule has 0 bridgehead atoms. The number of ether oxygens (including phenoxy) is 2. The van der Waals surface area contributed by atoms with E-state index in [4.69, 9.17) is 9.47 Å². The van der Waals surface area contributed by atoms with Gasteiger partial charge in [-0.2, -0.15) is 0 Å². The molecular formula is C19H27NO6S. The molecule has 8 heteroatoms. The molecule has 1 amide bonds. The van der Waals surface area contributed by atoms with Crippen molar-refractivity contribution in [3.05, 3.63) is 29.3 Å². The van der Waals surface area contributed by atoms with Gasteiger partial charge in [-0.3, -0.25) is 4.79 Å². The van der Waals surface area contributed by atoms with E-state index < -0.39 is 21.9 Å². The molecule has 1 saturated heterocycles. The number of hydrogen-bond acceptors (Lipinski definition) is 6. The maximum Gasteiger partial charge on any atom is 0.344 e. The zero-order valence-electron chi connectivity index (χ0n) is 16.2. The maximum absolute atomic E-state index is 12.6. The van der Waals surface area contributed by atoms with E-state index in [1.54, 1.807) is 13.0 Å². The van der Waals surface area contributed by atoms with E-state index in [1.165, 1.54) is 11.8 Å². The summed E-state index contributed by atoms with van der Waals surface area (Å²) >= 11 is 0. The first-order chi connectivity index (χ1) is 12.6. The Morgan fingerprint density at radius 1 is 1.30 bits per heavy atom. The van der Waals surface area contributed by atoms with E-state index in [2.05, 4.69) is 0 Å². The molecule has 0 unspecified atom stereocenters. The Kier molecular flexibility index (Phi) is 6.86. The van der Waals surface area contributed by atoms with E-state index in [-0.39, 0.29) is 30.1 Å². The summed E-state index contributed by atoms with van der Waals surface area (Å²) in [4.78, 5) is 26.1. The van der Waals surface area contributed by atoms with Crippen molar-refractivity contribution in [2.45, 2.75) is 46.3 Å². The molecule has 1 aromatic carbocycles. The lowest BCUT2D eigenvalue weighted by Crippen LogP contribution is -2.46. The zero-order chi connectivity index (χ0) is 20.2. The third-order valence-corrected chi connectivity index (χ3v) is 6.36. The molecule has 2 rings (SSSR count). The average Bonchev–Trinajstić information content (AvgIpc) is 2.94. The highest BCUT2D eigenvalue weighted by Crippen LogP contribution is 2.20. The maximum atomic E-state index is 12.6. The van der Waals surface area contributed by atoms with Crippen LogP contribution in [0.15, 0.2) is 18.2 Å². The van der Waals surface area contributed by atoms with Crippen LogP contribution in [-0.4, -0.2) is 62.0 Å². The summed E-state index contributed by atoms with van der Waals surface area (Å²) in [7, 11) is -3.10. The third-order valence-electron chi connectivity index (χ3n) is 4.60. The molecule has 0 saturated carbocycles. The summed E-state index contributed by atoms with van der Waals surface area (Å²) < 4.78 is 34.0. The predicted molar refractivity (Wildman–Crippen MR) is 101 cm³/mol. The number of rotatable bonds is 7. The van der Waals surface area contributed by atoms with Crippen molar-refractivity contribution in [1.82, 2.24) is 4.90 Å². The number of aryl methyl sites for hydroxylation is 2. The molecule has 1 aromatic rings. The molecule has 1 aliphatic heterocycles. The number of esters is 1. The van der Waals surface area contributed by atoms with Crippen LogP contribution >= 0.6 is 0 Å². The molecule has 0 aromatic heterocycles. The Hall–Kier alpha value is -2.09. The summed E-state index contributed by atoms with van der Waals surface area (Å²) in [5.41, 5.74) is 2.00. The molecule has 0 radical (unpaired) electrons. The van der Waals surface area contributed by atoms with E-state index in [1.807, 2.05) is 26.0 Å². The van der Waals surface area contributed by atoms with Crippen molar-refractivity contribution >= 4 is 21.7 Å². The largest absolute Gasteiger partial charge is 0.482 e. The molecule has 0 aliphatic carbocycles. The van der Waals surface area contributed by atoms with Gasteiger partial charge in [0.1, 0.15) is 5.75 Å². The summed E-state index contributed by atoms with van der Waals surface area (Å²) in [6.07, 6.45) is -0.582. The van der Waals surface area contributed by atoms with Gasteiger partial charge in [0.05, 0.1) is 11.5 Å². The first-order valence-corrected chi connectivity index (χ1v) is 10.9. The number of sulfone groups is 1. The van der Waals surface area contributed by atoms with Crippen molar-refractivity contribution < 1.29 is 27.5 Å². The molecule has 1 aliphatic rings. The molecule has 2 atom stereocenters. The topological polar surface area (TPSA) is 90.0 Å². The zero-order valence-corrected chi connectivity index (χ0v) is 17.0. The lowest BCUT2D eigenvalue weighted by molar-refractivity contribution is -0.161. The standard InChI is InChI=1S/C19H27NO6S/c1-5-20(16-8-9-27(23,24)12-16)19(22)15(4)26-18(21)11-25-17-7-6-13(2)10-14(17)3/h6-7,10,15-16H,5,8-9,11-12H2,1-4H3/t15-,16+/m0/s1. The Bertz CT molecular complexity index is 804. The first kappa shape index (κ1) is 21.2.